The van der Waals surface area contributed by atoms with Crippen LogP contribution in [0.15, 0.2) is 48.5 Å². The summed E-state index contributed by atoms with van der Waals surface area (Å²) in [6.07, 6.45) is -1.09. The topological polar surface area (TPSA) is 230 Å². The highest BCUT2D eigenvalue weighted by molar-refractivity contribution is 7.52. The second-order valence-electron chi connectivity index (χ2n) is 9.39. The third-order valence-corrected chi connectivity index (χ3v) is 9.65. The molecule has 0 aliphatic carbocycles. The highest BCUT2D eigenvalue weighted by Gasteiger charge is 2.25. The molecule has 214 valence electrons. The first kappa shape index (κ1) is 33.2. The van der Waals surface area contributed by atoms with Crippen molar-refractivity contribution in [2.75, 3.05) is 24.6 Å². The molecule has 0 fully saturated rings. The predicted molar refractivity (Wildman–Crippen MR) is 143 cm³/mol. The molecule has 0 saturated heterocycles. The van der Waals surface area contributed by atoms with Gasteiger partial charge in [-0.3, -0.25) is 18.3 Å². The minimum absolute atomic E-state index is 0.0993. The number of benzene rings is 2. The quantitative estimate of drug-likeness (QED) is 0.134. The van der Waals surface area contributed by atoms with Gasteiger partial charge in [-0.1, -0.05) is 48.5 Å². The lowest BCUT2D eigenvalue weighted by Gasteiger charge is -2.19. The number of hydrogen-bond donors (Lipinski definition) is 8. The van der Waals surface area contributed by atoms with Gasteiger partial charge in [0.25, 0.3) is 0 Å². The molecule has 0 saturated carbocycles. The molecule has 2 aromatic rings. The van der Waals surface area contributed by atoms with Crippen molar-refractivity contribution in [1.29, 1.82) is 0 Å². The van der Waals surface area contributed by atoms with E-state index in [4.69, 9.17) is 19.6 Å². The Bertz CT molecular complexity index is 1130. The fourth-order valence-corrected chi connectivity index (χ4v) is 7.41. The van der Waals surface area contributed by atoms with Crippen LogP contribution in [0.25, 0.3) is 11.1 Å². The first-order valence-electron chi connectivity index (χ1n) is 11.7. The summed E-state index contributed by atoms with van der Waals surface area (Å²) in [4.78, 5) is 74.1. The Balaban J connectivity index is 2.19. The Labute approximate surface area is 220 Å². The molecule has 8 N–H and O–H groups in total. The molecule has 16 heteroatoms. The lowest BCUT2D eigenvalue weighted by molar-refractivity contribution is 0.361. The fraction of sp³-hybridized carbons (Fsp3) is 0.455. The number of rotatable bonds is 15. The zero-order chi connectivity index (χ0) is 28.8. The minimum Gasteiger partial charge on any atom is -0.324 e. The van der Waals surface area contributed by atoms with Gasteiger partial charge in [0, 0.05) is 12.3 Å². The van der Waals surface area contributed by atoms with Crippen molar-refractivity contribution in [3.05, 3.63) is 59.7 Å². The van der Waals surface area contributed by atoms with E-state index in [-0.39, 0.29) is 38.0 Å². The van der Waals surface area contributed by atoms with Gasteiger partial charge in [0.1, 0.15) is 0 Å². The van der Waals surface area contributed by atoms with E-state index < -0.39 is 54.5 Å². The van der Waals surface area contributed by atoms with Crippen LogP contribution in [-0.2, 0) is 18.3 Å². The van der Waals surface area contributed by atoms with Crippen LogP contribution in [0.4, 0.5) is 0 Å². The lowest BCUT2D eigenvalue weighted by Crippen LogP contribution is -2.07. The summed E-state index contributed by atoms with van der Waals surface area (Å²) in [5, 5.41) is 0. The first-order chi connectivity index (χ1) is 17.3. The van der Waals surface area contributed by atoms with E-state index in [0.29, 0.717) is 11.1 Å². The molecule has 12 nitrogen and oxygen atoms in total. The molecule has 0 bridgehead atoms. The predicted octanol–water partition coefficient (Wildman–Crippen LogP) is 3.79. The molecular formula is C22H34O12P4. The first-order valence-corrected chi connectivity index (χ1v) is 18.9. The van der Waals surface area contributed by atoms with Crippen LogP contribution >= 0.6 is 30.4 Å². The van der Waals surface area contributed by atoms with Crippen LogP contribution in [0.3, 0.4) is 0 Å². The van der Waals surface area contributed by atoms with Crippen molar-refractivity contribution in [3.63, 3.8) is 0 Å². The Morgan fingerprint density at radius 3 is 1.00 bits per heavy atom. The largest absolute Gasteiger partial charge is 0.326 e. The van der Waals surface area contributed by atoms with Crippen LogP contribution in [0.2, 0.25) is 0 Å². The SMILES string of the molecule is O=P(O)(O)CCCC(CP(=O)(O)O)c1ccc(-c2ccc(C(CCCP(=O)(O)O)CP(=O)(O)O)cc2)cc1. The van der Waals surface area contributed by atoms with Crippen LogP contribution in [-0.4, -0.2) is 63.8 Å². The van der Waals surface area contributed by atoms with Crippen LogP contribution in [0.1, 0.15) is 48.6 Å². The molecule has 38 heavy (non-hydrogen) atoms. The molecule has 2 rings (SSSR count). The number of hydrogen-bond acceptors (Lipinski definition) is 4. The molecule has 0 aliphatic rings. The second kappa shape index (κ2) is 13.6. The van der Waals surface area contributed by atoms with Crippen LogP contribution < -0.4 is 0 Å². The summed E-state index contributed by atoms with van der Waals surface area (Å²) in [6.45, 7) is 0. The summed E-state index contributed by atoms with van der Waals surface area (Å²) in [7, 11) is -17.2. The summed E-state index contributed by atoms with van der Waals surface area (Å²) >= 11 is 0. The van der Waals surface area contributed by atoms with E-state index in [1.54, 1.807) is 48.5 Å². The average Bonchev–Trinajstić information content (AvgIpc) is 2.75. The third-order valence-electron chi connectivity index (χ3n) is 6.02. The highest BCUT2D eigenvalue weighted by atomic mass is 31.2. The molecule has 0 amide bonds. The maximum Gasteiger partial charge on any atom is 0.326 e. The van der Waals surface area contributed by atoms with E-state index in [0.717, 1.165) is 11.1 Å². The average molecular weight is 614 g/mol. The van der Waals surface area contributed by atoms with Crippen molar-refractivity contribution in [2.45, 2.75) is 37.5 Å². The van der Waals surface area contributed by atoms with Gasteiger partial charge in [0.05, 0.1) is 12.3 Å². The van der Waals surface area contributed by atoms with Crippen molar-refractivity contribution in [2.24, 2.45) is 0 Å². The Morgan fingerprint density at radius 1 is 0.474 bits per heavy atom. The molecular weight excluding hydrogens is 580 g/mol. The van der Waals surface area contributed by atoms with E-state index in [9.17, 15) is 37.8 Å². The minimum atomic E-state index is -4.38. The lowest BCUT2D eigenvalue weighted by atomic mass is 9.92. The molecule has 0 aliphatic heterocycles. The van der Waals surface area contributed by atoms with Crippen LogP contribution in [0.5, 0.6) is 0 Å². The van der Waals surface area contributed by atoms with Crippen LogP contribution in [0, 0.1) is 0 Å². The smallest absolute Gasteiger partial charge is 0.324 e. The summed E-state index contributed by atoms with van der Waals surface area (Å²) < 4.78 is 45.5. The summed E-state index contributed by atoms with van der Waals surface area (Å²) in [6, 6.07) is 13.7. The Kier molecular flexibility index (Phi) is 11.9. The molecule has 2 atom stereocenters. The molecule has 0 spiro atoms. The van der Waals surface area contributed by atoms with Gasteiger partial charge in [-0.05, 0) is 59.8 Å². The van der Waals surface area contributed by atoms with Gasteiger partial charge in [-0.25, -0.2) is 0 Å². The highest BCUT2D eigenvalue weighted by Crippen LogP contribution is 2.45. The molecule has 2 unspecified atom stereocenters. The van der Waals surface area contributed by atoms with Crippen molar-refractivity contribution in [1.82, 2.24) is 0 Å². The van der Waals surface area contributed by atoms with Gasteiger partial charge in [0.2, 0.25) is 0 Å². The van der Waals surface area contributed by atoms with Gasteiger partial charge < -0.3 is 39.1 Å². The zero-order valence-electron chi connectivity index (χ0n) is 20.4. The molecule has 2 aromatic carbocycles. The summed E-state index contributed by atoms with van der Waals surface area (Å²) in [5.41, 5.74) is 2.76. The van der Waals surface area contributed by atoms with E-state index in [1.165, 1.54) is 0 Å². The molecule has 0 radical (unpaired) electrons. The monoisotopic (exact) mass is 614 g/mol. The maximum absolute atomic E-state index is 11.6. The van der Waals surface area contributed by atoms with E-state index >= 15 is 0 Å². The Hall–Kier alpha value is -0.960. The molecule has 0 aromatic heterocycles. The third kappa shape index (κ3) is 13.4. The van der Waals surface area contributed by atoms with Crippen molar-refractivity contribution >= 4 is 30.4 Å². The van der Waals surface area contributed by atoms with Gasteiger partial charge in [0.15, 0.2) is 0 Å². The van der Waals surface area contributed by atoms with E-state index in [2.05, 4.69) is 0 Å². The normalized spacial score (nSPS) is 14.8. The van der Waals surface area contributed by atoms with Gasteiger partial charge in [-0.2, -0.15) is 0 Å². The summed E-state index contributed by atoms with van der Waals surface area (Å²) in [5.74, 6) is -1.19. The van der Waals surface area contributed by atoms with E-state index in [1.807, 2.05) is 0 Å². The van der Waals surface area contributed by atoms with Crippen molar-refractivity contribution < 1.29 is 57.4 Å². The molecule has 0 heterocycles. The standard InChI is InChI=1S/C22H34O12P4/c23-35(24,25)13-1-3-21(15-37(29,30)31)19-9-5-17(6-10-19)18-7-11-20(12-8-18)22(16-38(32,33)34)4-2-14-36(26,27)28/h5-12,21-22H,1-4,13-16H2,(H2,23,24,25)(H2,26,27,28)(H2,29,30,31)(H2,32,33,34). The zero-order valence-corrected chi connectivity index (χ0v) is 24.0. The maximum atomic E-state index is 11.6. The second-order valence-corrected chi connectivity index (χ2v) is 16.3. The van der Waals surface area contributed by atoms with Gasteiger partial charge in [-0.15, -0.1) is 0 Å². The fourth-order valence-electron chi connectivity index (χ4n) is 4.28. The van der Waals surface area contributed by atoms with Gasteiger partial charge >= 0.3 is 30.4 Å². The Morgan fingerprint density at radius 2 is 0.763 bits per heavy atom. The van der Waals surface area contributed by atoms with Crippen molar-refractivity contribution in [3.8, 4) is 11.1 Å².